The molecule has 0 saturated heterocycles. The number of aldehydes is 1. The van der Waals surface area contributed by atoms with E-state index < -0.39 is 24.9 Å². The lowest BCUT2D eigenvalue weighted by molar-refractivity contribution is -0.127. The molecule has 96 valence electrons. The fourth-order valence-electron chi connectivity index (χ4n) is 0.869. The van der Waals surface area contributed by atoms with E-state index in [4.69, 9.17) is 26.2 Å². The fourth-order valence-corrected chi connectivity index (χ4v) is 0.869. The van der Waals surface area contributed by atoms with Crippen molar-refractivity contribution >= 4 is 12.0 Å². The maximum atomic E-state index is 9.76. The van der Waals surface area contributed by atoms with Crippen LogP contribution >= 0.6 is 0 Å². The highest BCUT2D eigenvalue weighted by Crippen LogP contribution is 1.96. The van der Waals surface area contributed by atoms with E-state index in [0.29, 0.717) is 0 Å². The molecule has 1 rings (SSSR count). The molecule has 0 aliphatic carbocycles. The van der Waals surface area contributed by atoms with Crippen molar-refractivity contribution in [1.82, 2.24) is 0 Å². The molecule has 6 heteroatoms. The van der Waals surface area contributed by atoms with Crippen LogP contribution < -0.4 is 5.73 Å². The van der Waals surface area contributed by atoms with Crippen LogP contribution in [0.15, 0.2) is 30.3 Å². The summed E-state index contributed by atoms with van der Waals surface area (Å²) in [6.45, 7) is -0.688. The number of para-hydroxylation sites is 1. The average Bonchev–Trinajstić information content (AvgIpc) is 2.37. The topological polar surface area (TPSA) is 124 Å². The second-order valence-electron chi connectivity index (χ2n) is 3.28. The molecular formula is C11H17NO5. The number of anilines is 1. The Balaban J connectivity index is 0.000000318. The molecule has 1 aromatic rings. The molecule has 0 aliphatic rings. The van der Waals surface area contributed by atoms with E-state index in [1.54, 1.807) is 0 Å². The van der Waals surface area contributed by atoms with Gasteiger partial charge in [0.15, 0.2) is 6.29 Å². The fraction of sp³-hybridized carbons (Fsp3) is 0.364. The summed E-state index contributed by atoms with van der Waals surface area (Å²) in [7, 11) is 0. The summed E-state index contributed by atoms with van der Waals surface area (Å²) in [4.78, 5) is 9.76. The van der Waals surface area contributed by atoms with Gasteiger partial charge in [0.2, 0.25) is 0 Å². The van der Waals surface area contributed by atoms with Gasteiger partial charge in [0.05, 0.1) is 6.61 Å². The Labute approximate surface area is 98.9 Å². The predicted octanol–water partition coefficient (Wildman–Crippen LogP) is -1.47. The van der Waals surface area contributed by atoms with Gasteiger partial charge in [-0.05, 0) is 12.1 Å². The number of carbonyl (C=O) groups is 1. The predicted molar refractivity (Wildman–Crippen MR) is 62.0 cm³/mol. The summed E-state index contributed by atoms with van der Waals surface area (Å²) in [5.41, 5.74) is 6.18. The van der Waals surface area contributed by atoms with Crippen molar-refractivity contribution in [3.8, 4) is 0 Å². The smallest absolute Gasteiger partial charge is 0.151 e. The van der Waals surface area contributed by atoms with Crippen LogP contribution in [0.2, 0.25) is 0 Å². The summed E-state index contributed by atoms with van der Waals surface area (Å²) in [6, 6.07) is 9.49. The summed E-state index contributed by atoms with van der Waals surface area (Å²) >= 11 is 0. The van der Waals surface area contributed by atoms with Gasteiger partial charge in [-0.3, -0.25) is 0 Å². The minimum absolute atomic E-state index is 0.0869. The molecule has 0 aliphatic heterocycles. The number of nitrogens with two attached hydrogens (primary N) is 1. The molecule has 0 aromatic heterocycles. The highest BCUT2D eigenvalue weighted by molar-refractivity contribution is 5.56. The van der Waals surface area contributed by atoms with Crippen LogP contribution in [-0.4, -0.2) is 51.6 Å². The molecule has 0 saturated carbocycles. The third kappa shape index (κ3) is 6.64. The lowest BCUT2D eigenvalue weighted by Gasteiger charge is -2.16. The number of hydrogen-bond acceptors (Lipinski definition) is 6. The Bertz CT molecular complexity index is 306. The second kappa shape index (κ2) is 8.66. The zero-order chi connectivity index (χ0) is 13.3. The van der Waals surface area contributed by atoms with E-state index in [1.165, 1.54) is 0 Å². The molecule has 0 heterocycles. The highest BCUT2D eigenvalue weighted by atomic mass is 16.4. The van der Waals surface area contributed by atoms with Gasteiger partial charge in [-0.25, -0.2) is 0 Å². The second-order valence-corrected chi connectivity index (χ2v) is 3.28. The van der Waals surface area contributed by atoms with Crippen molar-refractivity contribution in [1.29, 1.82) is 0 Å². The van der Waals surface area contributed by atoms with Gasteiger partial charge >= 0.3 is 0 Å². The number of hydrogen-bond donors (Lipinski definition) is 5. The van der Waals surface area contributed by atoms with E-state index in [9.17, 15) is 4.79 Å². The number of rotatable bonds is 4. The van der Waals surface area contributed by atoms with Gasteiger partial charge in [0.25, 0.3) is 0 Å². The maximum absolute atomic E-state index is 9.76. The van der Waals surface area contributed by atoms with Crippen LogP contribution in [0.5, 0.6) is 0 Å². The van der Waals surface area contributed by atoms with Crippen molar-refractivity contribution in [2.45, 2.75) is 18.3 Å². The quantitative estimate of drug-likeness (QED) is 0.325. The van der Waals surface area contributed by atoms with E-state index >= 15 is 0 Å². The van der Waals surface area contributed by atoms with Crippen LogP contribution in [0.1, 0.15) is 0 Å². The van der Waals surface area contributed by atoms with Crippen LogP contribution in [0, 0.1) is 0 Å². The summed E-state index contributed by atoms with van der Waals surface area (Å²) < 4.78 is 0. The summed E-state index contributed by atoms with van der Waals surface area (Å²) in [5.74, 6) is 0. The Morgan fingerprint density at radius 1 is 1.18 bits per heavy atom. The molecular weight excluding hydrogens is 226 g/mol. The molecule has 0 unspecified atom stereocenters. The minimum Gasteiger partial charge on any atom is -0.399 e. The Morgan fingerprint density at radius 2 is 1.71 bits per heavy atom. The van der Waals surface area contributed by atoms with E-state index in [1.807, 2.05) is 30.3 Å². The first-order valence-corrected chi connectivity index (χ1v) is 4.93. The first-order valence-electron chi connectivity index (χ1n) is 4.93. The summed E-state index contributed by atoms with van der Waals surface area (Å²) in [6.07, 6.45) is -4.63. The normalized spacial score (nSPS) is 15.1. The van der Waals surface area contributed by atoms with Gasteiger partial charge in [-0.2, -0.15) is 0 Å². The Kier molecular flexibility index (Phi) is 7.91. The highest BCUT2D eigenvalue weighted by Gasteiger charge is 2.22. The van der Waals surface area contributed by atoms with Gasteiger partial charge < -0.3 is 31.0 Å². The SMILES string of the molecule is Nc1ccccc1.O=C[C@H](O)[C@H](O)[C@H](O)CO. The van der Waals surface area contributed by atoms with Crippen molar-refractivity contribution in [3.63, 3.8) is 0 Å². The number of nitrogen functional groups attached to an aromatic ring is 1. The van der Waals surface area contributed by atoms with Gasteiger partial charge in [0, 0.05) is 5.69 Å². The monoisotopic (exact) mass is 243 g/mol. The van der Waals surface area contributed by atoms with Crippen molar-refractivity contribution in [3.05, 3.63) is 30.3 Å². The van der Waals surface area contributed by atoms with E-state index in [-0.39, 0.29) is 6.29 Å². The number of carbonyl (C=O) groups excluding carboxylic acids is 1. The van der Waals surface area contributed by atoms with Crippen molar-refractivity contribution < 1.29 is 25.2 Å². The molecule has 0 bridgehead atoms. The van der Waals surface area contributed by atoms with E-state index in [0.717, 1.165) is 5.69 Å². The molecule has 0 amide bonds. The van der Waals surface area contributed by atoms with Gasteiger partial charge in [0.1, 0.15) is 18.3 Å². The zero-order valence-corrected chi connectivity index (χ0v) is 9.18. The van der Waals surface area contributed by atoms with Crippen LogP contribution in [0.3, 0.4) is 0 Å². The first-order chi connectivity index (χ1) is 8.02. The van der Waals surface area contributed by atoms with Gasteiger partial charge in [-0.15, -0.1) is 0 Å². The van der Waals surface area contributed by atoms with Crippen molar-refractivity contribution in [2.75, 3.05) is 12.3 Å². The van der Waals surface area contributed by atoms with E-state index in [2.05, 4.69) is 0 Å². The Hall–Kier alpha value is -1.47. The molecule has 0 fully saturated rings. The number of benzene rings is 1. The average molecular weight is 243 g/mol. The first kappa shape index (κ1) is 15.5. The molecule has 0 spiro atoms. The Morgan fingerprint density at radius 3 is 2.00 bits per heavy atom. The van der Waals surface area contributed by atoms with Crippen LogP contribution in [-0.2, 0) is 4.79 Å². The lowest BCUT2D eigenvalue weighted by atomic mass is 10.1. The molecule has 0 radical (unpaired) electrons. The molecule has 6 N–H and O–H groups in total. The number of aliphatic hydroxyl groups excluding tert-OH is 4. The lowest BCUT2D eigenvalue weighted by Crippen LogP contribution is -2.40. The van der Waals surface area contributed by atoms with Gasteiger partial charge in [-0.1, -0.05) is 18.2 Å². The number of aliphatic hydroxyl groups is 4. The largest absolute Gasteiger partial charge is 0.399 e. The standard InChI is InChI=1S/C6H7N.C5H10O5/c7-6-4-2-1-3-5-6;6-1-3(8)5(10)4(9)2-7/h1-5H,7H2;1,3-5,7-10H,2H2/t;3-,4+,5-/m.0/s1. The third-order valence-corrected chi connectivity index (χ3v) is 1.87. The zero-order valence-electron chi connectivity index (χ0n) is 9.18. The molecule has 6 nitrogen and oxygen atoms in total. The van der Waals surface area contributed by atoms with Crippen LogP contribution in [0.4, 0.5) is 5.69 Å². The minimum atomic E-state index is -1.64. The van der Waals surface area contributed by atoms with Crippen molar-refractivity contribution in [2.24, 2.45) is 0 Å². The third-order valence-electron chi connectivity index (χ3n) is 1.87. The molecule has 17 heavy (non-hydrogen) atoms. The molecule has 3 atom stereocenters. The summed E-state index contributed by atoms with van der Waals surface area (Å²) in [5, 5.41) is 34.1. The van der Waals surface area contributed by atoms with Crippen LogP contribution in [0.25, 0.3) is 0 Å². The molecule has 1 aromatic carbocycles. The maximum Gasteiger partial charge on any atom is 0.151 e.